The molecule has 1 aromatic heterocycles. The Hall–Kier alpha value is -0.760. The van der Waals surface area contributed by atoms with Crippen LogP contribution in [0.1, 0.15) is 51.4 Å². The molecule has 16 heavy (non-hydrogen) atoms. The van der Waals surface area contributed by atoms with E-state index >= 15 is 0 Å². The van der Waals surface area contributed by atoms with Crippen LogP contribution in [-0.2, 0) is 13.0 Å². The van der Waals surface area contributed by atoms with Gasteiger partial charge < -0.3 is 10.3 Å². The maximum absolute atomic E-state index is 6.25. The molecule has 0 saturated carbocycles. The molecule has 2 N–H and O–H groups in total. The highest BCUT2D eigenvalue weighted by Crippen LogP contribution is 2.40. The van der Waals surface area contributed by atoms with Crippen molar-refractivity contribution in [2.24, 2.45) is 17.1 Å². The first-order valence-corrected chi connectivity index (χ1v) is 6.32. The van der Waals surface area contributed by atoms with Crippen molar-refractivity contribution in [2.45, 2.75) is 53.1 Å². The molecule has 0 fully saturated rings. The van der Waals surface area contributed by atoms with Crippen molar-refractivity contribution in [3.8, 4) is 0 Å². The highest BCUT2D eigenvalue weighted by Gasteiger charge is 2.32. The second kappa shape index (κ2) is 3.92. The lowest BCUT2D eigenvalue weighted by atomic mass is 9.74. The van der Waals surface area contributed by atoms with Gasteiger partial charge in [-0.05, 0) is 35.8 Å². The molecule has 0 spiro atoms. The minimum atomic E-state index is 0.229. The van der Waals surface area contributed by atoms with E-state index in [-0.39, 0.29) is 6.04 Å². The zero-order valence-electron chi connectivity index (χ0n) is 11.0. The van der Waals surface area contributed by atoms with Crippen LogP contribution in [0, 0.1) is 11.3 Å². The van der Waals surface area contributed by atoms with Crippen LogP contribution in [0.5, 0.6) is 0 Å². The van der Waals surface area contributed by atoms with Gasteiger partial charge in [-0.15, -0.1) is 0 Å². The van der Waals surface area contributed by atoms with Gasteiger partial charge in [0.2, 0.25) is 0 Å². The van der Waals surface area contributed by atoms with Gasteiger partial charge in [0.1, 0.15) is 0 Å². The van der Waals surface area contributed by atoms with Gasteiger partial charge in [-0.2, -0.15) is 0 Å². The summed E-state index contributed by atoms with van der Waals surface area (Å²) in [5.74, 6) is 0.692. The molecule has 1 heterocycles. The largest absolute Gasteiger partial charge is 0.351 e. The predicted octanol–water partition coefficient (Wildman–Crippen LogP) is 3.12. The minimum absolute atomic E-state index is 0.229. The van der Waals surface area contributed by atoms with E-state index in [1.165, 1.54) is 11.3 Å². The quantitative estimate of drug-likeness (QED) is 0.815. The van der Waals surface area contributed by atoms with Crippen LogP contribution in [-0.4, -0.2) is 4.57 Å². The Labute approximate surface area is 98.8 Å². The van der Waals surface area contributed by atoms with Crippen molar-refractivity contribution in [2.75, 3.05) is 0 Å². The van der Waals surface area contributed by atoms with Gasteiger partial charge in [0, 0.05) is 24.5 Å². The third-order valence-electron chi connectivity index (χ3n) is 3.49. The molecule has 2 nitrogen and oxygen atoms in total. The lowest BCUT2D eigenvalue weighted by Crippen LogP contribution is -2.30. The Morgan fingerprint density at radius 3 is 2.81 bits per heavy atom. The summed E-state index contributed by atoms with van der Waals surface area (Å²) >= 11 is 0. The predicted molar refractivity (Wildman–Crippen MR) is 68.3 cm³/mol. The van der Waals surface area contributed by atoms with Gasteiger partial charge in [0.05, 0.1) is 0 Å². The maximum atomic E-state index is 6.25. The van der Waals surface area contributed by atoms with Crippen LogP contribution >= 0.6 is 0 Å². The Bertz CT molecular complexity index is 374. The Morgan fingerprint density at radius 2 is 2.19 bits per heavy atom. The summed E-state index contributed by atoms with van der Waals surface area (Å²) in [4.78, 5) is 0. The molecule has 0 saturated heterocycles. The monoisotopic (exact) mass is 220 g/mol. The molecule has 2 heteroatoms. The van der Waals surface area contributed by atoms with Gasteiger partial charge in [-0.25, -0.2) is 0 Å². The molecule has 1 aliphatic rings. The summed E-state index contributed by atoms with van der Waals surface area (Å²) in [6.45, 7) is 10.3. The molecule has 0 aromatic carbocycles. The smallest absolute Gasteiger partial charge is 0.0318 e. The topological polar surface area (TPSA) is 30.9 Å². The Balaban J connectivity index is 2.33. The molecular weight excluding hydrogens is 196 g/mol. The first-order chi connectivity index (χ1) is 7.39. The molecule has 1 aliphatic carbocycles. The molecule has 0 aliphatic heterocycles. The van der Waals surface area contributed by atoms with Crippen LogP contribution in [0.3, 0.4) is 0 Å². The van der Waals surface area contributed by atoms with Crippen molar-refractivity contribution in [3.05, 3.63) is 23.5 Å². The third kappa shape index (κ3) is 2.17. The number of rotatable bonds is 2. The molecule has 1 unspecified atom stereocenters. The maximum Gasteiger partial charge on any atom is 0.0318 e. The van der Waals surface area contributed by atoms with Crippen molar-refractivity contribution >= 4 is 0 Å². The molecule has 0 amide bonds. The number of nitrogens with zero attached hydrogens (tertiary/aromatic N) is 1. The summed E-state index contributed by atoms with van der Waals surface area (Å²) in [7, 11) is 0. The summed E-state index contributed by atoms with van der Waals surface area (Å²) in [6, 6.07) is 2.45. The fraction of sp³-hybridized carbons (Fsp3) is 0.714. The fourth-order valence-corrected chi connectivity index (χ4v) is 2.86. The van der Waals surface area contributed by atoms with E-state index < -0.39 is 0 Å². The summed E-state index contributed by atoms with van der Waals surface area (Å²) in [6.07, 6.45) is 4.48. The lowest BCUT2D eigenvalue weighted by Gasteiger charge is -2.34. The van der Waals surface area contributed by atoms with Crippen LogP contribution in [0.25, 0.3) is 0 Å². The third-order valence-corrected chi connectivity index (χ3v) is 3.49. The fourth-order valence-electron chi connectivity index (χ4n) is 2.86. The SMILES string of the molecule is CC(C)Cn1ccc2c1CC(C)(C)CC2N. The number of aromatic nitrogens is 1. The standard InChI is InChI=1S/C14H24N2/c1-10(2)9-16-6-5-11-12(15)7-14(3,4)8-13(11)16/h5-6,10,12H,7-9,15H2,1-4H3. The molecule has 0 radical (unpaired) electrons. The van der Waals surface area contributed by atoms with E-state index in [0.717, 1.165) is 19.4 Å². The van der Waals surface area contributed by atoms with Crippen LogP contribution in [0.2, 0.25) is 0 Å². The van der Waals surface area contributed by atoms with E-state index in [9.17, 15) is 0 Å². The zero-order chi connectivity index (χ0) is 11.9. The zero-order valence-corrected chi connectivity index (χ0v) is 11.0. The Morgan fingerprint density at radius 1 is 1.50 bits per heavy atom. The summed E-state index contributed by atoms with van der Waals surface area (Å²) < 4.78 is 2.40. The molecule has 1 atom stereocenters. The van der Waals surface area contributed by atoms with Crippen molar-refractivity contribution in [3.63, 3.8) is 0 Å². The van der Waals surface area contributed by atoms with Crippen LogP contribution in [0.4, 0.5) is 0 Å². The van der Waals surface area contributed by atoms with E-state index in [1.54, 1.807) is 0 Å². The van der Waals surface area contributed by atoms with E-state index in [1.807, 2.05) is 0 Å². The normalized spacial score (nSPS) is 23.5. The second-order valence-corrected chi connectivity index (χ2v) is 6.42. The Kier molecular flexibility index (Phi) is 2.87. The second-order valence-electron chi connectivity index (χ2n) is 6.42. The number of hydrogen-bond acceptors (Lipinski definition) is 1. The average Bonchev–Trinajstić information content (AvgIpc) is 2.45. The van der Waals surface area contributed by atoms with Gasteiger partial charge in [0.15, 0.2) is 0 Å². The van der Waals surface area contributed by atoms with Crippen molar-refractivity contribution < 1.29 is 0 Å². The van der Waals surface area contributed by atoms with E-state index in [4.69, 9.17) is 5.73 Å². The summed E-state index contributed by atoms with van der Waals surface area (Å²) in [5.41, 5.74) is 9.44. The average molecular weight is 220 g/mol. The molecule has 90 valence electrons. The van der Waals surface area contributed by atoms with Gasteiger partial charge >= 0.3 is 0 Å². The van der Waals surface area contributed by atoms with E-state index in [2.05, 4.69) is 44.5 Å². The van der Waals surface area contributed by atoms with Crippen molar-refractivity contribution in [1.82, 2.24) is 4.57 Å². The molecular formula is C14H24N2. The highest BCUT2D eigenvalue weighted by molar-refractivity contribution is 5.30. The van der Waals surface area contributed by atoms with Crippen LogP contribution < -0.4 is 5.73 Å². The number of nitrogens with two attached hydrogens (primary N) is 1. The van der Waals surface area contributed by atoms with Crippen LogP contribution in [0.15, 0.2) is 12.3 Å². The first kappa shape index (κ1) is 11.7. The van der Waals surface area contributed by atoms with Crippen molar-refractivity contribution in [1.29, 1.82) is 0 Å². The lowest BCUT2D eigenvalue weighted by molar-refractivity contribution is 0.273. The minimum Gasteiger partial charge on any atom is -0.351 e. The summed E-state index contributed by atoms with van der Waals surface area (Å²) in [5, 5.41) is 0. The van der Waals surface area contributed by atoms with Gasteiger partial charge in [-0.1, -0.05) is 27.7 Å². The highest BCUT2D eigenvalue weighted by atomic mass is 15.0. The van der Waals surface area contributed by atoms with Gasteiger partial charge in [0.25, 0.3) is 0 Å². The number of hydrogen-bond donors (Lipinski definition) is 1. The molecule has 0 bridgehead atoms. The molecule has 2 rings (SSSR count). The van der Waals surface area contributed by atoms with Gasteiger partial charge in [-0.3, -0.25) is 0 Å². The van der Waals surface area contributed by atoms with E-state index in [0.29, 0.717) is 11.3 Å². The first-order valence-electron chi connectivity index (χ1n) is 6.32. The number of fused-ring (bicyclic) bond motifs is 1. The molecule has 1 aromatic rings.